The molecular weight excluding hydrogens is 545 g/mol. The van der Waals surface area contributed by atoms with E-state index in [0.717, 1.165) is 17.5 Å². The molecule has 2 aromatic carbocycles. The highest BCUT2D eigenvalue weighted by molar-refractivity contribution is 6.00. The number of alkyl halides is 3. The molecule has 1 fully saturated rings. The molecule has 0 bridgehead atoms. The number of carbonyl (C=O) groups is 1. The largest absolute Gasteiger partial charge is 0.497 e. The Morgan fingerprint density at radius 3 is 2.29 bits per heavy atom. The topological polar surface area (TPSA) is 66.2 Å². The highest BCUT2D eigenvalue weighted by Gasteiger charge is 2.39. The molecule has 4 aromatic rings. The SMILES string of the molecule is COc1ccc(-c2nc3c(C(=O)N4CCN([C@H](CCN(C)C)c5ccccc5)CC4)cnn3c(C(F)(F)F)c2C)cc1. The van der Waals surface area contributed by atoms with E-state index in [1.54, 1.807) is 29.2 Å². The Kier molecular flexibility index (Phi) is 8.51. The Labute approximate surface area is 243 Å². The van der Waals surface area contributed by atoms with Crippen molar-refractivity contribution in [3.05, 3.63) is 83.2 Å². The van der Waals surface area contributed by atoms with Crippen molar-refractivity contribution in [1.29, 1.82) is 0 Å². The summed E-state index contributed by atoms with van der Waals surface area (Å²) in [5, 5.41) is 4.00. The smallest absolute Gasteiger partial charge is 0.433 e. The fourth-order valence-corrected chi connectivity index (χ4v) is 5.61. The Bertz CT molecular complexity index is 1530. The molecule has 1 atom stereocenters. The number of hydrogen-bond donors (Lipinski definition) is 0. The molecule has 11 heteroatoms. The first kappa shape index (κ1) is 29.5. The molecule has 8 nitrogen and oxygen atoms in total. The van der Waals surface area contributed by atoms with Crippen LogP contribution in [0.3, 0.4) is 0 Å². The van der Waals surface area contributed by atoms with Gasteiger partial charge in [-0.3, -0.25) is 9.69 Å². The van der Waals surface area contributed by atoms with Gasteiger partial charge in [0.15, 0.2) is 11.3 Å². The first-order chi connectivity index (χ1) is 20.1. The molecule has 42 heavy (non-hydrogen) atoms. The van der Waals surface area contributed by atoms with Crippen molar-refractivity contribution in [2.75, 3.05) is 53.9 Å². The van der Waals surface area contributed by atoms with E-state index < -0.39 is 11.9 Å². The Morgan fingerprint density at radius 2 is 1.69 bits per heavy atom. The third kappa shape index (κ3) is 5.98. The number of ether oxygens (including phenoxy) is 1. The molecule has 0 spiro atoms. The zero-order valence-electron chi connectivity index (χ0n) is 24.2. The van der Waals surface area contributed by atoms with Crippen molar-refractivity contribution in [2.24, 2.45) is 0 Å². The van der Waals surface area contributed by atoms with Crippen LogP contribution < -0.4 is 4.74 Å². The lowest BCUT2D eigenvalue weighted by atomic mass is 10.0. The van der Waals surface area contributed by atoms with Crippen LogP contribution in [0.5, 0.6) is 5.75 Å². The van der Waals surface area contributed by atoms with E-state index in [1.165, 1.54) is 25.8 Å². The molecule has 0 aliphatic carbocycles. The molecule has 1 amide bonds. The number of halogens is 3. The fraction of sp³-hybridized carbons (Fsp3) is 0.387. The van der Waals surface area contributed by atoms with Crippen molar-refractivity contribution < 1.29 is 22.7 Å². The van der Waals surface area contributed by atoms with Crippen molar-refractivity contribution in [3.8, 4) is 17.0 Å². The van der Waals surface area contributed by atoms with E-state index >= 15 is 0 Å². The van der Waals surface area contributed by atoms with Gasteiger partial charge in [-0.1, -0.05) is 30.3 Å². The lowest BCUT2D eigenvalue weighted by Gasteiger charge is -2.40. The molecule has 1 aliphatic rings. The maximum absolute atomic E-state index is 14.3. The van der Waals surface area contributed by atoms with E-state index in [0.29, 0.717) is 37.5 Å². The van der Waals surface area contributed by atoms with Crippen LogP contribution in [-0.4, -0.2) is 89.1 Å². The van der Waals surface area contributed by atoms with Crippen LogP contribution in [0.15, 0.2) is 60.8 Å². The summed E-state index contributed by atoms with van der Waals surface area (Å²) in [5.74, 6) is 0.198. The number of fused-ring (bicyclic) bond motifs is 1. The molecule has 0 unspecified atom stereocenters. The summed E-state index contributed by atoms with van der Waals surface area (Å²) in [7, 11) is 5.62. The molecule has 1 saturated heterocycles. The molecule has 5 rings (SSSR count). The fourth-order valence-electron chi connectivity index (χ4n) is 5.61. The van der Waals surface area contributed by atoms with Crippen molar-refractivity contribution >= 4 is 11.6 Å². The lowest BCUT2D eigenvalue weighted by Crippen LogP contribution is -2.50. The third-order valence-corrected chi connectivity index (χ3v) is 7.82. The Hall–Kier alpha value is -3.96. The van der Waals surface area contributed by atoms with Crippen LogP contribution in [0, 0.1) is 6.92 Å². The molecule has 3 heterocycles. The normalized spacial score (nSPS) is 15.4. The summed E-state index contributed by atoms with van der Waals surface area (Å²) in [6.07, 6.45) is -2.56. The van der Waals surface area contributed by atoms with Crippen molar-refractivity contribution in [1.82, 2.24) is 29.3 Å². The third-order valence-electron chi connectivity index (χ3n) is 7.82. The van der Waals surface area contributed by atoms with Gasteiger partial charge in [-0.15, -0.1) is 0 Å². The minimum absolute atomic E-state index is 0.0518. The summed E-state index contributed by atoms with van der Waals surface area (Å²) in [6.45, 7) is 4.49. The van der Waals surface area contributed by atoms with Crippen molar-refractivity contribution in [3.63, 3.8) is 0 Å². The molecule has 222 valence electrons. The maximum Gasteiger partial charge on any atom is 0.433 e. The zero-order chi connectivity index (χ0) is 30.0. The Balaban J connectivity index is 1.43. The van der Waals surface area contributed by atoms with Gasteiger partial charge in [-0.05, 0) is 63.8 Å². The molecule has 0 saturated carbocycles. The van der Waals surface area contributed by atoms with E-state index in [2.05, 4.69) is 46.1 Å². The summed E-state index contributed by atoms with van der Waals surface area (Å²) < 4.78 is 48.9. The number of aromatic nitrogens is 3. The predicted molar refractivity (Wildman–Crippen MR) is 155 cm³/mol. The lowest BCUT2D eigenvalue weighted by molar-refractivity contribution is -0.143. The average molecular weight is 581 g/mol. The van der Waals surface area contributed by atoms with Crippen LogP contribution in [0.4, 0.5) is 13.2 Å². The molecule has 0 N–H and O–H groups in total. The number of amides is 1. The number of piperazine rings is 1. The van der Waals surface area contributed by atoms with Gasteiger partial charge >= 0.3 is 6.18 Å². The number of hydrogen-bond acceptors (Lipinski definition) is 6. The van der Waals surface area contributed by atoms with Crippen LogP contribution in [0.25, 0.3) is 16.9 Å². The minimum Gasteiger partial charge on any atom is -0.497 e. The average Bonchev–Trinajstić information content (AvgIpc) is 3.39. The molecule has 0 radical (unpaired) electrons. The second-order valence-corrected chi connectivity index (χ2v) is 10.8. The number of carbonyl (C=O) groups excluding carboxylic acids is 1. The van der Waals surface area contributed by atoms with Gasteiger partial charge in [0, 0.05) is 43.3 Å². The first-order valence-corrected chi connectivity index (χ1v) is 13.9. The van der Waals surface area contributed by atoms with Crippen molar-refractivity contribution in [2.45, 2.75) is 25.6 Å². The quantitative estimate of drug-likeness (QED) is 0.286. The van der Waals surface area contributed by atoms with E-state index in [1.807, 2.05) is 18.2 Å². The maximum atomic E-state index is 14.3. The minimum atomic E-state index is -4.70. The standard InChI is InChI=1S/C31H35F3N6O2/c1-21-27(23-10-12-24(42-4)13-11-23)36-29-25(20-35-40(29)28(21)31(32,33)34)30(41)39-18-16-38(17-19-39)26(14-15-37(2)3)22-8-6-5-7-9-22/h5-13,20,26H,14-19H2,1-4H3/t26-/m1/s1. The van der Waals surface area contributed by atoms with Gasteiger partial charge < -0.3 is 14.5 Å². The second-order valence-electron chi connectivity index (χ2n) is 10.8. The summed E-state index contributed by atoms with van der Waals surface area (Å²) in [5.41, 5.74) is 0.777. The van der Waals surface area contributed by atoms with E-state index in [9.17, 15) is 18.0 Å². The van der Waals surface area contributed by atoms with Gasteiger partial charge in [0.25, 0.3) is 5.91 Å². The van der Waals surface area contributed by atoms with Crippen LogP contribution in [0.1, 0.15) is 39.6 Å². The van der Waals surface area contributed by atoms with Crippen LogP contribution >= 0.6 is 0 Å². The monoisotopic (exact) mass is 580 g/mol. The van der Waals surface area contributed by atoms with Gasteiger partial charge in [-0.25, -0.2) is 9.50 Å². The molecular formula is C31H35F3N6O2. The Morgan fingerprint density at radius 1 is 1.02 bits per heavy atom. The number of rotatable bonds is 8. The summed E-state index contributed by atoms with van der Waals surface area (Å²) in [6, 6.07) is 17.2. The van der Waals surface area contributed by atoms with Gasteiger partial charge in [0.1, 0.15) is 11.3 Å². The molecule has 2 aromatic heterocycles. The summed E-state index contributed by atoms with van der Waals surface area (Å²) >= 11 is 0. The van der Waals surface area contributed by atoms with Gasteiger partial charge in [-0.2, -0.15) is 18.3 Å². The number of methoxy groups -OCH3 is 1. The first-order valence-electron chi connectivity index (χ1n) is 13.9. The van der Waals surface area contributed by atoms with Crippen LogP contribution in [-0.2, 0) is 6.18 Å². The predicted octanol–water partition coefficient (Wildman–Crippen LogP) is 5.18. The van der Waals surface area contributed by atoms with E-state index in [4.69, 9.17) is 4.74 Å². The highest BCUT2D eigenvalue weighted by atomic mass is 19.4. The highest BCUT2D eigenvalue weighted by Crippen LogP contribution is 2.37. The molecule has 1 aliphatic heterocycles. The summed E-state index contributed by atoms with van der Waals surface area (Å²) in [4.78, 5) is 24.5. The zero-order valence-corrected chi connectivity index (χ0v) is 24.2. The number of benzene rings is 2. The van der Waals surface area contributed by atoms with Crippen LogP contribution in [0.2, 0.25) is 0 Å². The van der Waals surface area contributed by atoms with Gasteiger partial charge in [0.05, 0.1) is 19.0 Å². The number of nitrogens with zero attached hydrogens (tertiary/aromatic N) is 6. The second kappa shape index (κ2) is 12.1. The van der Waals surface area contributed by atoms with E-state index in [-0.39, 0.29) is 34.4 Å². The van der Waals surface area contributed by atoms with Gasteiger partial charge in [0.2, 0.25) is 0 Å².